The van der Waals surface area contributed by atoms with Gasteiger partial charge in [-0.05, 0) is 60.4 Å². The number of anilines is 1. The molecular weight excluding hydrogens is 514 g/mol. The molecule has 2 fully saturated rings. The number of hydrogen-bond donors (Lipinski definition) is 1. The molecule has 3 aromatic carbocycles. The number of halogens is 1. The van der Waals surface area contributed by atoms with Crippen molar-refractivity contribution in [2.24, 2.45) is 0 Å². The molecule has 7 nitrogen and oxygen atoms in total. The van der Waals surface area contributed by atoms with E-state index in [1.54, 1.807) is 4.90 Å². The maximum Gasteiger partial charge on any atom is 0.247 e. The van der Waals surface area contributed by atoms with Gasteiger partial charge in [-0.25, -0.2) is 0 Å². The smallest absolute Gasteiger partial charge is 0.247 e. The first-order chi connectivity index (χ1) is 19.1. The zero-order valence-corrected chi connectivity index (χ0v) is 22.7. The highest BCUT2D eigenvalue weighted by molar-refractivity contribution is 6.30. The highest BCUT2D eigenvalue weighted by Crippen LogP contribution is 2.31. The fourth-order valence-electron chi connectivity index (χ4n) is 4.80. The van der Waals surface area contributed by atoms with Crippen LogP contribution in [0.25, 0.3) is 0 Å². The molecule has 1 heterocycles. The first-order valence-electron chi connectivity index (χ1n) is 13.5. The summed E-state index contributed by atoms with van der Waals surface area (Å²) in [6, 6.07) is 24.7. The van der Waals surface area contributed by atoms with Crippen LogP contribution >= 0.6 is 11.6 Å². The maximum absolute atomic E-state index is 13.8. The molecule has 1 aliphatic heterocycles. The summed E-state index contributed by atoms with van der Waals surface area (Å²) < 4.78 is 11.6. The molecule has 0 radical (unpaired) electrons. The van der Waals surface area contributed by atoms with E-state index in [1.165, 1.54) is 0 Å². The van der Waals surface area contributed by atoms with Crippen LogP contribution in [0.2, 0.25) is 5.02 Å². The van der Waals surface area contributed by atoms with Crippen molar-refractivity contribution in [3.8, 4) is 5.75 Å². The molecule has 5 rings (SSSR count). The molecular formula is C31H34ClN3O4. The van der Waals surface area contributed by atoms with Crippen LogP contribution in [0.4, 0.5) is 5.69 Å². The molecule has 1 atom stereocenters. The van der Waals surface area contributed by atoms with Gasteiger partial charge in [0.25, 0.3) is 0 Å². The molecule has 2 amide bonds. The van der Waals surface area contributed by atoms with Crippen LogP contribution in [0.15, 0.2) is 78.9 Å². The van der Waals surface area contributed by atoms with Crippen molar-refractivity contribution in [2.45, 2.75) is 44.5 Å². The number of carbonyl (C=O) groups excluding carboxylic acids is 2. The van der Waals surface area contributed by atoms with Crippen LogP contribution in [0, 0.1) is 0 Å². The minimum atomic E-state index is -0.612. The summed E-state index contributed by atoms with van der Waals surface area (Å²) in [6.07, 6.45) is 2.72. The molecule has 8 heteroatoms. The summed E-state index contributed by atoms with van der Waals surface area (Å²) in [5.41, 5.74) is 2.83. The summed E-state index contributed by atoms with van der Waals surface area (Å²) in [5, 5.41) is 3.77. The van der Waals surface area contributed by atoms with Gasteiger partial charge in [0, 0.05) is 36.3 Å². The minimum Gasteiger partial charge on any atom is -0.494 e. The fourth-order valence-corrected chi connectivity index (χ4v) is 5.02. The van der Waals surface area contributed by atoms with Crippen molar-refractivity contribution in [2.75, 3.05) is 31.2 Å². The van der Waals surface area contributed by atoms with E-state index in [-0.39, 0.29) is 24.4 Å². The molecule has 1 saturated heterocycles. The highest BCUT2D eigenvalue weighted by atomic mass is 35.5. The summed E-state index contributed by atoms with van der Waals surface area (Å²) in [6.45, 7) is 2.81. The lowest BCUT2D eigenvalue weighted by Crippen LogP contribution is -2.61. The molecule has 0 aromatic heterocycles. The van der Waals surface area contributed by atoms with E-state index < -0.39 is 6.04 Å². The molecule has 0 bridgehead atoms. The average Bonchev–Trinajstić information content (AvgIpc) is 3.80. The van der Waals surface area contributed by atoms with Gasteiger partial charge in [-0.15, -0.1) is 0 Å². The van der Waals surface area contributed by atoms with Gasteiger partial charge in [0.1, 0.15) is 11.8 Å². The lowest BCUT2D eigenvalue weighted by Gasteiger charge is -2.38. The summed E-state index contributed by atoms with van der Waals surface area (Å²) in [4.78, 5) is 30.4. The van der Waals surface area contributed by atoms with E-state index in [2.05, 4.69) is 5.32 Å². The van der Waals surface area contributed by atoms with Crippen molar-refractivity contribution >= 4 is 29.1 Å². The van der Waals surface area contributed by atoms with Crippen molar-refractivity contribution in [3.63, 3.8) is 0 Å². The van der Waals surface area contributed by atoms with Crippen molar-refractivity contribution in [1.82, 2.24) is 10.2 Å². The second kappa shape index (κ2) is 13.1. The van der Waals surface area contributed by atoms with Gasteiger partial charge in [0.15, 0.2) is 0 Å². The maximum atomic E-state index is 13.8. The Hall–Kier alpha value is -3.39. The minimum absolute atomic E-state index is 0.0474. The highest BCUT2D eigenvalue weighted by Gasteiger charge is 2.41. The Balaban J connectivity index is 1.18. The first kappa shape index (κ1) is 27.2. The number of piperazine rings is 1. The molecule has 1 N–H and O–H groups in total. The number of nitrogens with zero attached hydrogens (tertiary/aromatic N) is 2. The van der Waals surface area contributed by atoms with Crippen LogP contribution in [0.1, 0.15) is 30.4 Å². The predicted octanol–water partition coefficient (Wildman–Crippen LogP) is 4.82. The molecule has 2 aliphatic rings. The third-order valence-electron chi connectivity index (χ3n) is 6.92. The Bertz CT molecular complexity index is 1250. The number of benzene rings is 3. The van der Waals surface area contributed by atoms with E-state index in [1.807, 2.05) is 83.8 Å². The van der Waals surface area contributed by atoms with Crippen LogP contribution in [0.5, 0.6) is 5.75 Å². The zero-order chi connectivity index (χ0) is 27.0. The number of hydrogen-bond acceptors (Lipinski definition) is 5. The van der Waals surface area contributed by atoms with Gasteiger partial charge >= 0.3 is 0 Å². The number of nitrogens with one attached hydrogen (secondary N) is 1. The van der Waals surface area contributed by atoms with Crippen LogP contribution in [-0.4, -0.2) is 55.1 Å². The lowest BCUT2D eigenvalue weighted by atomic mass is 10.1. The van der Waals surface area contributed by atoms with E-state index >= 15 is 0 Å². The van der Waals surface area contributed by atoms with Crippen molar-refractivity contribution in [1.29, 1.82) is 0 Å². The van der Waals surface area contributed by atoms with E-state index in [0.717, 1.165) is 30.4 Å². The number of ether oxygens (including phenoxy) is 2. The van der Waals surface area contributed by atoms with Crippen LogP contribution < -0.4 is 15.0 Å². The predicted molar refractivity (Wildman–Crippen MR) is 152 cm³/mol. The zero-order valence-electron chi connectivity index (χ0n) is 21.9. The van der Waals surface area contributed by atoms with Crippen LogP contribution in [-0.2, 0) is 27.5 Å². The number of rotatable bonds is 12. The molecule has 0 unspecified atom stereocenters. The Morgan fingerprint density at radius 1 is 0.974 bits per heavy atom. The van der Waals surface area contributed by atoms with Crippen molar-refractivity contribution in [3.05, 3.63) is 95.0 Å². The summed E-state index contributed by atoms with van der Waals surface area (Å²) in [5.74, 6) is 0.545. The Morgan fingerprint density at radius 2 is 1.74 bits per heavy atom. The molecule has 1 saturated carbocycles. The van der Waals surface area contributed by atoms with Gasteiger partial charge < -0.3 is 19.7 Å². The van der Waals surface area contributed by atoms with Crippen molar-refractivity contribution < 1.29 is 19.1 Å². The first-order valence-corrected chi connectivity index (χ1v) is 13.9. The molecule has 204 valence electrons. The number of carbonyl (C=O) groups is 2. The Kier molecular flexibility index (Phi) is 9.14. The SMILES string of the molecule is O=C([C@H]1CNCC(=O)N1c1ccc(OCCCOCc2ccccc2)cc1)N(Cc1cccc(Cl)c1)C1CC1. The van der Waals surface area contributed by atoms with E-state index in [0.29, 0.717) is 49.4 Å². The van der Waals surface area contributed by atoms with Crippen LogP contribution in [0.3, 0.4) is 0 Å². The largest absolute Gasteiger partial charge is 0.494 e. The lowest BCUT2D eigenvalue weighted by molar-refractivity contribution is -0.136. The molecule has 1 aliphatic carbocycles. The quantitative estimate of drug-likeness (QED) is 0.329. The number of amides is 2. The normalized spacial score (nSPS) is 17.2. The summed E-state index contributed by atoms with van der Waals surface area (Å²) in [7, 11) is 0. The third kappa shape index (κ3) is 7.38. The monoisotopic (exact) mass is 547 g/mol. The molecule has 39 heavy (non-hydrogen) atoms. The molecule has 0 spiro atoms. The molecule has 3 aromatic rings. The Labute approximate surface area is 234 Å². The van der Waals surface area contributed by atoms with E-state index in [9.17, 15) is 9.59 Å². The van der Waals surface area contributed by atoms with Gasteiger partial charge in [-0.2, -0.15) is 0 Å². The third-order valence-corrected chi connectivity index (χ3v) is 7.16. The second-order valence-corrected chi connectivity index (χ2v) is 10.4. The standard InChI is InChI=1S/C31H34ClN3O4/c32-25-9-4-8-24(18-25)21-34(26-10-11-26)31(37)29-19-33-20-30(36)35(29)27-12-14-28(15-13-27)39-17-5-16-38-22-23-6-2-1-3-7-23/h1-4,6-9,12-15,18,26,29,33H,5,10-11,16-17,19-22H2/t29-/m1/s1. The van der Waals surface area contributed by atoms with Gasteiger partial charge in [0.2, 0.25) is 11.8 Å². The fraction of sp³-hybridized carbons (Fsp3) is 0.355. The van der Waals surface area contributed by atoms with Gasteiger partial charge in [-0.1, -0.05) is 54.1 Å². The Morgan fingerprint density at radius 3 is 2.49 bits per heavy atom. The average molecular weight is 548 g/mol. The van der Waals surface area contributed by atoms with Gasteiger partial charge in [-0.3, -0.25) is 14.5 Å². The summed E-state index contributed by atoms with van der Waals surface area (Å²) >= 11 is 6.18. The topological polar surface area (TPSA) is 71.1 Å². The van der Waals surface area contributed by atoms with E-state index in [4.69, 9.17) is 21.1 Å². The van der Waals surface area contributed by atoms with Gasteiger partial charge in [0.05, 0.1) is 26.4 Å². The second-order valence-electron chi connectivity index (χ2n) is 9.97.